The van der Waals surface area contributed by atoms with E-state index in [-0.39, 0.29) is 0 Å². The highest BCUT2D eigenvalue weighted by atomic mass is 32.1. The summed E-state index contributed by atoms with van der Waals surface area (Å²) < 4.78 is 12.8. The molecule has 0 bridgehead atoms. The Morgan fingerprint density at radius 1 is 1.19 bits per heavy atom. The molecule has 0 unspecified atom stereocenters. The number of fused-ring (bicyclic) bond motifs is 2. The monoisotopic (exact) mass is 303 g/mol. The highest BCUT2D eigenvalue weighted by Crippen LogP contribution is 2.43. The minimum absolute atomic E-state index is 0.525. The van der Waals surface area contributed by atoms with Crippen molar-refractivity contribution in [3.05, 3.63) is 22.6 Å². The van der Waals surface area contributed by atoms with Gasteiger partial charge in [-0.25, -0.2) is 0 Å². The second-order valence-corrected chi connectivity index (χ2v) is 7.38. The SMILES string of the molecule is CC(C)c1c(CNC2CC2)sc2cc3c(cc12)OCCO3. The van der Waals surface area contributed by atoms with Gasteiger partial charge in [0.15, 0.2) is 11.5 Å². The summed E-state index contributed by atoms with van der Waals surface area (Å²) in [5.74, 6) is 2.32. The lowest BCUT2D eigenvalue weighted by molar-refractivity contribution is 0.172. The number of ether oxygens (including phenoxy) is 2. The van der Waals surface area contributed by atoms with Crippen molar-refractivity contribution in [3.63, 3.8) is 0 Å². The zero-order chi connectivity index (χ0) is 14.4. The van der Waals surface area contributed by atoms with Gasteiger partial charge in [-0.2, -0.15) is 0 Å². The molecule has 0 spiro atoms. The molecule has 21 heavy (non-hydrogen) atoms. The van der Waals surface area contributed by atoms with Crippen molar-refractivity contribution in [2.24, 2.45) is 0 Å². The van der Waals surface area contributed by atoms with Crippen LogP contribution in [0.3, 0.4) is 0 Å². The average Bonchev–Trinajstić information content (AvgIpc) is 3.23. The van der Waals surface area contributed by atoms with Gasteiger partial charge in [-0.05, 0) is 30.4 Å². The van der Waals surface area contributed by atoms with Gasteiger partial charge in [-0.3, -0.25) is 0 Å². The first kappa shape index (κ1) is 13.4. The molecule has 2 aliphatic rings. The van der Waals surface area contributed by atoms with Gasteiger partial charge in [0.2, 0.25) is 0 Å². The van der Waals surface area contributed by atoms with Gasteiger partial charge < -0.3 is 14.8 Å². The van der Waals surface area contributed by atoms with Crippen LogP contribution in [0.5, 0.6) is 11.5 Å². The van der Waals surface area contributed by atoms with E-state index in [9.17, 15) is 0 Å². The lowest BCUT2D eigenvalue weighted by Crippen LogP contribution is -2.15. The molecule has 3 nitrogen and oxygen atoms in total. The van der Waals surface area contributed by atoms with Crippen molar-refractivity contribution < 1.29 is 9.47 Å². The summed E-state index contributed by atoms with van der Waals surface area (Å²) in [5.41, 5.74) is 1.47. The van der Waals surface area contributed by atoms with E-state index in [4.69, 9.17) is 9.47 Å². The normalized spacial score (nSPS) is 17.7. The molecule has 1 saturated carbocycles. The van der Waals surface area contributed by atoms with Crippen LogP contribution >= 0.6 is 11.3 Å². The Morgan fingerprint density at radius 3 is 2.57 bits per heavy atom. The van der Waals surface area contributed by atoms with Crippen molar-refractivity contribution in [2.45, 2.75) is 45.2 Å². The van der Waals surface area contributed by atoms with Crippen molar-refractivity contribution in [2.75, 3.05) is 13.2 Å². The predicted molar refractivity (Wildman–Crippen MR) is 86.8 cm³/mol. The van der Waals surface area contributed by atoms with E-state index in [0.717, 1.165) is 24.1 Å². The van der Waals surface area contributed by atoms with E-state index in [2.05, 4.69) is 31.3 Å². The van der Waals surface area contributed by atoms with Gasteiger partial charge in [-0.1, -0.05) is 13.8 Å². The molecule has 1 N–H and O–H groups in total. The van der Waals surface area contributed by atoms with Crippen molar-refractivity contribution >= 4 is 21.4 Å². The number of thiophene rings is 1. The summed E-state index contributed by atoms with van der Waals surface area (Å²) >= 11 is 1.90. The maximum absolute atomic E-state index is 5.75. The molecule has 1 aliphatic carbocycles. The molecule has 112 valence electrons. The van der Waals surface area contributed by atoms with Gasteiger partial charge in [0.05, 0.1) is 0 Å². The lowest BCUT2D eigenvalue weighted by Gasteiger charge is -2.18. The minimum Gasteiger partial charge on any atom is -0.486 e. The molecule has 2 aromatic rings. The van der Waals surface area contributed by atoms with Crippen LogP contribution in [0.4, 0.5) is 0 Å². The van der Waals surface area contributed by atoms with E-state index >= 15 is 0 Å². The van der Waals surface area contributed by atoms with E-state index in [1.165, 1.54) is 33.4 Å². The molecular weight excluding hydrogens is 282 g/mol. The maximum atomic E-state index is 5.75. The molecule has 0 saturated heterocycles. The van der Waals surface area contributed by atoms with Gasteiger partial charge in [0, 0.05) is 33.6 Å². The lowest BCUT2D eigenvalue weighted by atomic mass is 9.99. The topological polar surface area (TPSA) is 30.5 Å². The van der Waals surface area contributed by atoms with Crippen LogP contribution in [0.1, 0.15) is 43.0 Å². The molecule has 2 heterocycles. The number of hydrogen-bond acceptors (Lipinski definition) is 4. The second kappa shape index (κ2) is 5.18. The third-order valence-corrected chi connectivity index (χ3v) is 5.34. The summed E-state index contributed by atoms with van der Waals surface area (Å²) in [6.07, 6.45) is 2.66. The fourth-order valence-corrected chi connectivity index (χ4v) is 4.31. The molecule has 0 amide bonds. The Labute approximate surface area is 129 Å². The van der Waals surface area contributed by atoms with Crippen molar-refractivity contribution in [1.82, 2.24) is 5.32 Å². The standard InChI is InChI=1S/C17H21NO2S/c1-10(2)17-12-7-13-14(20-6-5-19-13)8-15(12)21-16(17)9-18-11-3-4-11/h7-8,10-11,18H,3-6,9H2,1-2H3. The van der Waals surface area contributed by atoms with Crippen molar-refractivity contribution in [1.29, 1.82) is 0 Å². The van der Waals surface area contributed by atoms with Crippen LogP contribution in [0.2, 0.25) is 0 Å². The number of hydrogen-bond donors (Lipinski definition) is 1. The quantitative estimate of drug-likeness (QED) is 0.924. The molecule has 4 rings (SSSR count). The molecule has 1 aromatic heterocycles. The smallest absolute Gasteiger partial charge is 0.162 e. The number of nitrogens with one attached hydrogen (secondary N) is 1. The second-order valence-electron chi connectivity index (χ2n) is 6.24. The van der Waals surface area contributed by atoms with Crippen LogP contribution in [0.25, 0.3) is 10.1 Å². The molecule has 1 aliphatic heterocycles. The van der Waals surface area contributed by atoms with Crippen LogP contribution in [-0.4, -0.2) is 19.3 Å². The summed E-state index contributed by atoms with van der Waals surface area (Å²) in [7, 11) is 0. The zero-order valence-corrected chi connectivity index (χ0v) is 13.4. The Kier molecular flexibility index (Phi) is 3.31. The van der Waals surface area contributed by atoms with E-state index in [0.29, 0.717) is 19.1 Å². The molecule has 1 fully saturated rings. The Bertz CT molecular complexity index is 673. The summed E-state index contributed by atoms with van der Waals surface area (Å²) in [6.45, 7) is 6.84. The highest BCUT2D eigenvalue weighted by molar-refractivity contribution is 7.19. The first-order chi connectivity index (χ1) is 10.2. The predicted octanol–water partition coefficient (Wildman–Crippen LogP) is 4.05. The summed E-state index contributed by atoms with van der Waals surface area (Å²) in [6, 6.07) is 5.08. The van der Waals surface area contributed by atoms with Gasteiger partial charge in [0.1, 0.15) is 13.2 Å². The zero-order valence-electron chi connectivity index (χ0n) is 12.6. The van der Waals surface area contributed by atoms with Crippen LogP contribution in [0, 0.1) is 0 Å². The molecule has 1 aromatic carbocycles. The first-order valence-electron chi connectivity index (χ1n) is 7.80. The largest absolute Gasteiger partial charge is 0.486 e. The minimum atomic E-state index is 0.525. The third kappa shape index (κ3) is 2.51. The number of benzene rings is 1. The fourth-order valence-electron chi connectivity index (χ4n) is 2.99. The fraction of sp³-hybridized carbons (Fsp3) is 0.529. The van der Waals surface area contributed by atoms with Gasteiger partial charge in [-0.15, -0.1) is 11.3 Å². The summed E-state index contributed by atoms with van der Waals surface area (Å²) in [5, 5.41) is 4.99. The van der Waals surface area contributed by atoms with E-state index < -0.39 is 0 Å². The van der Waals surface area contributed by atoms with Crippen LogP contribution in [0.15, 0.2) is 12.1 Å². The Balaban J connectivity index is 1.78. The van der Waals surface area contributed by atoms with Crippen molar-refractivity contribution in [3.8, 4) is 11.5 Å². The third-order valence-electron chi connectivity index (χ3n) is 4.17. The molecule has 4 heteroatoms. The van der Waals surface area contributed by atoms with Crippen LogP contribution < -0.4 is 14.8 Å². The Morgan fingerprint density at radius 2 is 1.90 bits per heavy atom. The Hall–Kier alpha value is -1.26. The van der Waals surface area contributed by atoms with Gasteiger partial charge in [0.25, 0.3) is 0 Å². The maximum Gasteiger partial charge on any atom is 0.162 e. The summed E-state index contributed by atoms with van der Waals surface area (Å²) in [4.78, 5) is 1.47. The average molecular weight is 303 g/mol. The molecule has 0 radical (unpaired) electrons. The number of rotatable bonds is 4. The molecular formula is C17H21NO2S. The van der Waals surface area contributed by atoms with E-state index in [1.807, 2.05) is 11.3 Å². The van der Waals surface area contributed by atoms with Crippen LogP contribution in [-0.2, 0) is 6.54 Å². The highest BCUT2D eigenvalue weighted by Gasteiger charge is 2.23. The van der Waals surface area contributed by atoms with Gasteiger partial charge >= 0.3 is 0 Å². The molecule has 0 atom stereocenters. The first-order valence-corrected chi connectivity index (χ1v) is 8.62. The van der Waals surface area contributed by atoms with E-state index in [1.54, 1.807) is 0 Å².